The standard InChI is InChI=1S/C27H32N6O2S/c1-26(23(34)32-19-28,21-11-5-3-6-12-21)15-9-17-30-25(36)31-18-10-16-27(2,24(35)33-20-29)22-13-7-4-8-14-22/h3-8,11-14H,9-10,15-18H2,1-2H3,(H,32,34)(H,33,35)(H2,30,31,36). The van der Waals surface area contributed by atoms with Crippen molar-refractivity contribution in [2.45, 2.75) is 50.4 Å². The third-order valence-corrected chi connectivity index (χ3v) is 6.73. The fourth-order valence-electron chi connectivity index (χ4n) is 4.12. The maximum Gasteiger partial charge on any atom is 0.243 e. The number of carbonyl (C=O) groups is 2. The highest BCUT2D eigenvalue weighted by molar-refractivity contribution is 7.80. The molecule has 2 rings (SSSR count). The summed E-state index contributed by atoms with van der Waals surface area (Å²) in [4.78, 5) is 25.2. The van der Waals surface area contributed by atoms with Gasteiger partial charge in [0.1, 0.15) is 0 Å². The summed E-state index contributed by atoms with van der Waals surface area (Å²) in [6, 6.07) is 18.8. The van der Waals surface area contributed by atoms with Crippen LogP contribution in [0.4, 0.5) is 0 Å². The molecule has 0 fully saturated rings. The van der Waals surface area contributed by atoms with Crippen molar-refractivity contribution in [1.82, 2.24) is 21.3 Å². The number of amides is 2. The maximum absolute atomic E-state index is 12.6. The van der Waals surface area contributed by atoms with Gasteiger partial charge in [-0.1, -0.05) is 60.7 Å². The predicted octanol–water partition coefficient (Wildman–Crippen LogP) is 3.12. The number of thiocarbonyl (C=S) groups is 1. The molecule has 2 aromatic carbocycles. The first-order chi connectivity index (χ1) is 17.3. The first-order valence-corrected chi connectivity index (χ1v) is 12.2. The van der Waals surface area contributed by atoms with E-state index in [1.807, 2.05) is 74.5 Å². The Balaban J connectivity index is 1.83. The van der Waals surface area contributed by atoms with Crippen molar-refractivity contribution in [3.63, 3.8) is 0 Å². The van der Waals surface area contributed by atoms with Gasteiger partial charge in [0.2, 0.25) is 11.8 Å². The van der Waals surface area contributed by atoms with Crippen LogP contribution in [0.3, 0.4) is 0 Å². The van der Waals surface area contributed by atoms with Gasteiger partial charge in [-0.25, -0.2) is 0 Å². The van der Waals surface area contributed by atoms with Gasteiger partial charge in [-0.3, -0.25) is 20.2 Å². The highest BCUT2D eigenvalue weighted by Crippen LogP contribution is 2.30. The van der Waals surface area contributed by atoms with Crippen LogP contribution in [0.1, 0.15) is 50.7 Å². The zero-order valence-electron chi connectivity index (χ0n) is 20.6. The van der Waals surface area contributed by atoms with E-state index in [0.717, 1.165) is 11.1 Å². The number of nitrogens with zero attached hydrogens (tertiary/aromatic N) is 2. The highest BCUT2D eigenvalue weighted by Gasteiger charge is 2.35. The lowest BCUT2D eigenvalue weighted by atomic mass is 9.77. The fourth-order valence-corrected chi connectivity index (χ4v) is 4.32. The van der Waals surface area contributed by atoms with Crippen molar-refractivity contribution in [1.29, 1.82) is 10.5 Å². The quantitative estimate of drug-likeness (QED) is 0.151. The van der Waals surface area contributed by atoms with E-state index in [0.29, 0.717) is 43.9 Å². The van der Waals surface area contributed by atoms with Crippen molar-refractivity contribution in [3.05, 3.63) is 71.8 Å². The lowest BCUT2D eigenvalue weighted by molar-refractivity contribution is -0.126. The minimum Gasteiger partial charge on any atom is -0.363 e. The zero-order chi connectivity index (χ0) is 26.4. The Labute approximate surface area is 218 Å². The van der Waals surface area contributed by atoms with Crippen LogP contribution in [-0.4, -0.2) is 30.0 Å². The Hall–Kier alpha value is -3.95. The first-order valence-electron chi connectivity index (χ1n) is 11.8. The maximum atomic E-state index is 12.6. The number of benzene rings is 2. The summed E-state index contributed by atoms with van der Waals surface area (Å²) in [6.45, 7) is 4.77. The molecule has 0 saturated heterocycles. The summed E-state index contributed by atoms with van der Waals surface area (Å²) in [5, 5.41) is 29.1. The van der Waals surface area contributed by atoms with E-state index in [1.165, 1.54) is 0 Å². The molecule has 2 amide bonds. The Morgan fingerprint density at radius 1 is 0.750 bits per heavy atom. The SMILES string of the molecule is CC(CCCNC(=S)NCCCC(C)(C(=O)NC#N)c1ccccc1)(C(=O)NC#N)c1ccccc1. The molecule has 0 aliphatic heterocycles. The molecule has 4 N–H and O–H groups in total. The largest absolute Gasteiger partial charge is 0.363 e. The lowest BCUT2D eigenvalue weighted by Crippen LogP contribution is -2.42. The molecule has 0 aromatic heterocycles. The average molecular weight is 505 g/mol. The minimum atomic E-state index is -0.834. The predicted molar refractivity (Wildman–Crippen MR) is 142 cm³/mol. The molecule has 0 bridgehead atoms. The van der Waals surface area contributed by atoms with Crippen molar-refractivity contribution < 1.29 is 9.59 Å². The smallest absolute Gasteiger partial charge is 0.243 e. The number of hydrogen-bond donors (Lipinski definition) is 4. The van der Waals surface area contributed by atoms with Crippen LogP contribution < -0.4 is 21.3 Å². The molecule has 2 aromatic rings. The van der Waals surface area contributed by atoms with E-state index in [9.17, 15) is 9.59 Å². The van der Waals surface area contributed by atoms with E-state index in [4.69, 9.17) is 22.7 Å². The summed E-state index contributed by atoms with van der Waals surface area (Å²) in [5.74, 6) is -0.669. The highest BCUT2D eigenvalue weighted by atomic mass is 32.1. The van der Waals surface area contributed by atoms with Gasteiger partial charge in [0, 0.05) is 13.1 Å². The molecule has 0 heterocycles. The summed E-state index contributed by atoms with van der Waals surface area (Å²) in [5.41, 5.74) is 0.0277. The number of nitriles is 2. The topological polar surface area (TPSA) is 130 Å². The van der Waals surface area contributed by atoms with Crippen molar-refractivity contribution >= 4 is 29.1 Å². The molecule has 8 nitrogen and oxygen atoms in total. The second kappa shape index (κ2) is 13.8. The van der Waals surface area contributed by atoms with Gasteiger partial charge >= 0.3 is 0 Å². The first kappa shape index (κ1) is 28.3. The third kappa shape index (κ3) is 7.53. The molecule has 0 saturated carbocycles. The molecule has 2 atom stereocenters. The van der Waals surface area contributed by atoms with Crippen LogP contribution >= 0.6 is 12.2 Å². The molecule has 9 heteroatoms. The van der Waals surface area contributed by atoms with Gasteiger partial charge < -0.3 is 10.6 Å². The van der Waals surface area contributed by atoms with Crippen LogP contribution in [0.15, 0.2) is 60.7 Å². The van der Waals surface area contributed by atoms with Gasteiger partial charge in [-0.15, -0.1) is 0 Å². The molecular weight excluding hydrogens is 472 g/mol. The number of rotatable bonds is 12. The van der Waals surface area contributed by atoms with E-state index < -0.39 is 10.8 Å². The van der Waals surface area contributed by atoms with Gasteiger partial charge in [0.05, 0.1) is 10.8 Å². The summed E-state index contributed by atoms with van der Waals surface area (Å²) in [6.07, 6.45) is 5.84. The van der Waals surface area contributed by atoms with Crippen LogP contribution in [0.25, 0.3) is 0 Å². The van der Waals surface area contributed by atoms with Crippen LogP contribution in [-0.2, 0) is 20.4 Å². The Kier molecular flexibility index (Phi) is 10.9. The number of carbonyl (C=O) groups excluding carboxylic acids is 2. The molecule has 0 aliphatic rings. The van der Waals surface area contributed by atoms with Gasteiger partial charge in [0.15, 0.2) is 17.5 Å². The Morgan fingerprint density at radius 2 is 1.11 bits per heavy atom. The molecule has 188 valence electrons. The fraction of sp³-hybridized carbons (Fsp3) is 0.370. The monoisotopic (exact) mass is 504 g/mol. The van der Waals surface area contributed by atoms with E-state index >= 15 is 0 Å². The summed E-state index contributed by atoms with van der Waals surface area (Å²) < 4.78 is 0. The van der Waals surface area contributed by atoms with Crippen LogP contribution in [0.2, 0.25) is 0 Å². The van der Waals surface area contributed by atoms with Gasteiger partial charge in [0.25, 0.3) is 0 Å². The van der Waals surface area contributed by atoms with Crippen molar-refractivity contribution in [3.8, 4) is 12.4 Å². The minimum absolute atomic E-state index is 0.334. The number of nitrogens with one attached hydrogen (secondary N) is 4. The Morgan fingerprint density at radius 3 is 1.44 bits per heavy atom. The molecule has 0 aliphatic carbocycles. The van der Waals surface area contributed by atoms with E-state index in [2.05, 4.69) is 21.3 Å². The van der Waals surface area contributed by atoms with E-state index in [-0.39, 0.29) is 11.8 Å². The third-order valence-electron chi connectivity index (χ3n) is 6.44. The molecule has 2 unspecified atom stereocenters. The van der Waals surface area contributed by atoms with Gasteiger partial charge in [-0.05, 0) is 62.9 Å². The van der Waals surface area contributed by atoms with Crippen molar-refractivity contribution in [2.24, 2.45) is 0 Å². The van der Waals surface area contributed by atoms with Crippen LogP contribution in [0.5, 0.6) is 0 Å². The second-order valence-corrected chi connectivity index (χ2v) is 9.33. The average Bonchev–Trinajstić information content (AvgIpc) is 2.90. The summed E-state index contributed by atoms with van der Waals surface area (Å²) in [7, 11) is 0. The molecular formula is C27H32N6O2S. The zero-order valence-corrected chi connectivity index (χ0v) is 21.5. The Bertz CT molecular complexity index is 1030. The molecule has 0 spiro atoms. The summed E-state index contributed by atoms with van der Waals surface area (Å²) >= 11 is 5.37. The van der Waals surface area contributed by atoms with Crippen molar-refractivity contribution in [2.75, 3.05) is 13.1 Å². The normalized spacial score (nSPS) is 13.6. The molecule has 36 heavy (non-hydrogen) atoms. The van der Waals surface area contributed by atoms with Crippen LogP contribution in [0, 0.1) is 22.9 Å². The number of hydrogen-bond acceptors (Lipinski definition) is 5. The molecule has 0 radical (unpaired) electrons. The van der Waals surface area contributed by atoms with E-state index in [1.54, 1.807) is 12.4 Å². The van der Waals surface area contributed by atoms with Gasteiger partial charge in [-0.2, -0.15) is 10.5 Å². The second-order valence-electron chi connectivity index (χ2n) is 8.92. The lowest BCUT2D eigenvalue weighted by Gasteiger charge is -2.28.